The topological polar surface area (TPSA) is 94.6 Å². The van der Waals surface area contributed by atoms with Crippen LogP contribution in [0.15, 0.2) is 47.8 Å². The highest BCUT2D eigenvalue weighted by Gasteiger charge is 2.07. The molecular formula is C19H20N4O4S. The van der Waals surface area contributed by atoms with Crippen LogP contribution in [0.2, 0.25) is 0 Å². The summed E-state index contributed by atoms with van der Waals surface area (Å²) in [5.41, 5.74) is 1.39. The predicted octanol–water partition coefficient (Wildman–Crippen LogP) is 3.42. The molecule has 8 nitrogen and oxygen atoms in total. The van der Waals surface area contributed by atoms with Gasteiger partial charge in [0.1, 0.15) is 12.3 Å². The highest BCUT2D eigenvalue weighted by atomic mass is 32.1. The molecule has 0 aliphatic carbocycles. The van der Waals surface area contributed by atoms with Crippen molar-refractivity contribution in [3.8, 4) is 28.0 Å². The SMILES string of the molecule is COc1ccc(NC(=O)NCCOc2ccc(-c3cccs3)nn2)cc1OC. The number of nitrogens with zero attached hydrogens (tertiary/aromatic N) is 2. The van der Waals surface area contributed by atoms with Gasteiger partial charge in [0.2, 0.25) is 5.88 Å². The Balaban J connectivity index is 1.42. The molecule has 0 bridgehead atoms. The Kier molecular flexibility index (Phi) is 6.64. The number of carbonyl (C=O) groups is 1. The summed E-state index contributed by atoms with van der Waals surface area (Å²) in [5, 5.41) is 15.6. The second-order valence-corrected chi connectivity index (χ2v) is 6.48. The van der Waals surface area contributed by atoms with Crippen LogP contribution in [-0.4, -0.2) is 43.6 Å². The summed E-state index contributed by atoms with van der Waals surface area (Å²) < 4.78 is 15.9. The minimum atomic E-state index is -0.352. The van der Waals surface area contributed by atoms with Gasteiger partial charge in [-0.25, -0.2) is 4.79 Å². The number of nitrogens with one attached hydrogen (secondary N) is 2. The van der Waals surface area contributed by atoms with E-state index < -0.39 is 0 Å². The molecule has 2 N–H and O–H groups in total. The maximum absolute atomic E-state index is 12.0. The largest absolute Gasteiger partial charge is 0.493 e. The number of anilines is 1. The molecule has 28 heavy (non-hydrogen) atoms. The summed E-state index contributed by atoms with van der Waals surface area (Å²) in [4.78, 5) is 13.0. The van der Waals surface area contributed by atoms with Crippen LogP contribution >= 0.6 is 11.3 Å². The normalized spacial score (nSPS) is 10.2. The highest BCUT2D eigenvalue weighted by Crippen LogP contribution is 2.29. The van der Waals surface area contributed by atoms with Gasteiger partial charge in [0.05, 0.1) is 25.6 Å². The molecule has 2 heterocycles. The first kappa shape index (κ1) is 19.4. The molecule has 0 aliphatic rings. The number of rotatable bonds is 8. The molecule has 0 aliphatic heterocycles. The molecule has 0 radical (unpaired) electrons. The fourth-order valence-corrected chi connectivity index (χ4v) is 3.05. The third-order valence-electron chi connectivity index (χ3n) is 3.69. The Morgan fingerprint density at radius 2 is 1.93 bits per heavy atom. The monoisotopic (exact) mass is 400 g/mol. The zero-order valence-corrected chi connectivity index (χ0v) is 16.3. The molecule has 0 atom stereocenters. The number of ether oxygens (including phenoxy) is 3. The predicted molar refractivity (Wildman–Crippen MR) is 107 cm³/mol. The van der Waals surface area contributed by atoms with E-state index in [9.17, 15) is 4.79 Å². The lowest BCUT2D eigenvalue weighted by atomic mass is 10.3. The van der Waals surface area contributed by atoms with Crippen LogP contribution in [0.25, 0.3) is 10.6 Å². The number of hydrogen-bond donors (Lipinski definition) is 2. The van der Waals surface area contributed by atoms with E-state index in [0.717, 1.165) is 10.6 Å². The Morgan fingerprint density at radius 1 is 1.07 bits per heavy atom. The van der Waals surface area contributed by atoms with Crippen LogP contribution in [0.4, 0.5) is 10.5 Å². The zero-order chi connectivity index (χ0) is 19.8. The number of benzene rings is 1. The molecule has 0 spiro atoms. The molecular weight excluding hydrogens is 380 g/mol. The van der Waals surface area contributed by atoms with Gasteiger partial charge in [-0.2, -0.15) is 0 Å². The van der Waals surface area contributed by atoms with Gasteiger partial charge >= 0.3 is 6.03 Å². The van der Waals surface area contributed by atoms with Crippen molar-refractivity contribution < 1.29 is 19.0 Å². The van der Waals surface area contributed by atoms with Crippen molar-refractivity contribution in [2.75, 3.05) is 32.7 Å². The van der Waals surface area contributed by atoms with E-state index in [1.165, 1.54) is 7.11 Å². The summed E-state index contributed by atoms with van der Waals surface area (Å²) in [7, 11) is 3.09. The van der Waals surface area contributed by atoms with Crippen molar-refractivity contribution in [3.63, 3.8) is 0 Å². The molecule has 0 fully saturated rings. The van der Waals surface area contributed by atoms with E-state index in [4.69, 9.17) is 14.2 Å². The number of aromatic nitrogens is 2. The van der Waals surface area contributed by atoms with E-state index in [0.29, 0.717) is 29.6 Å². The number of urea groups is 1. The first-order chi connectivity index (χ1) is 13.7. The van der Waals surface area contributed by atoms with Crippen molar-refractivity contribution in [3.05, 3.63) is 47.8 Å². The van der Waals surface area contributed by atoms with E-state index in [1.807, 2.05) is 23.6 Å². The molecule has 2 amide bonds. The van der Waals surface area contributed by atoms with Gasteiger partial charge in [0, 0.05) is 17.8 Å². The third kappa shape index (κ3) is 5.10. The van der Waals surface area contributed by atoms with Gasteiger partial charge < -0.3 is 24.8 Å². The van der Waals surface area contributed by atoms with Gasteiger partial charge in [-0.1, -0.05) is 6.07 Å². The first-order valence-corrected chi connectivity index (χ1v) is 9.35. The second kappa shape index (κ2) is 9.56. The fourth-order valence-electron chi connectivity index (χ4n) is 2.36. The van der Waals surface area contributed by atoms with Crippen molar-refractivity contribution in [1.82, 2.24) is 15.5 Å². The van der Waals surface area contributed by atoms with Gasteiger partial charge in [-0.3, -0.25) is 0 Å². The van der Waals surface area contributed by atoms with Crippen molar-refractivity contribution >= 4 is 23.1 Å². The number of amides is 2. The Hall–Kier alpha value is -3.33. The lowest BCUT2D eigenvalue weighted by molar-refractivity contribution is 0.246. The van der Waals surface area contributed by atoms with E-state index >= 15 is 0 Å². The van der Waals surface area contributed by atoms with Crippen LogP contribution in [0.1, 0.15) is 0 Å². The van der Waals surface area contributed by atoms with Crippen LogP contribution < -0.4 is 24.8 Å². The molecule has 0 saturated carbocycles. The Morgan fingerprint density at radius 3 is 2.61 bits per heavy atom. The maximum atomic E-state index is 12.0. The molecule has 0 saturated heterocycles. The second-order valence-electron chi connectivity index (χ2n) is 5.53. The van der Waals surface area contributed by atoms with Crippen LogP contribution in [0, 0.1) is 0 Å². The fraction of sp³-hybridized carbons (Fsp3) is 0.211. The molecule has 0 unspecified atom stereocenters. The average Bonchev–Trinajstić information content (AvgIpc) is 3.26. The summed E-state index contributed by atoms with van der Waals surface area (Å²) in [6.45, 7) is 0.583. The minimum Gasteiger partial charge on any atom is -0.493 e. The lowest BCUT2D eigenvalue weighted by Gasteiger charge is -2.11. The first-order valence-electron chi connectivity index (χ1n) is 8.47. The van der Waals surface area contributed by atoms with E-state index in [-0.39, 0.29) is 12.6 Å². The molecule has 146 valence electrons. The summed E-state index contributed by atoms with van der Waals surface area (Å²) in [6, 6.07) is 12.3. The van der Waals surface area contributed by atoms with E-state index in [1.54, 1.807) is 42.7 Å². The average molecular weight is 400 g/mol. The summed E-state index contributed by atoms with van der Waals surface area (Å²) >= 11 is 1.60. The van der Waals surface area contributed by atoms with Gasteiger partial charge in [-0.15, -0.1) is 21.5 Å². The van der Waals surface area contributed by atoms with Crippen LogP contribution in [0.5, 0.6) is 17.4 Å². The molecule has 3 rings (SSSR count). The molecule has 3 aromatic rings. The van der Waals surface area contributed by atoms with Crippen LogP contribution in [-0.2, 0) is 0 Å². The third-order valence-corrected chi connectivity index (χ3v) is 4.59. The molecule has 9 heteroatoms. The number of methoxy groups -OCH3 is 2. The van der Waals surface area contributed by atoms with Crippen molar-refractivity contribution in [2.45, 2.75) is 0 Å². The van der Waals surface area contributed by atoms with Crippen molar-refractivity contribution in [2.24, 2.45) is 0 Å². The lowest BCUT2D eigenvalue weighted by Crippen LogP contribution is -2.32. The standard InChI is InChI=1S/C19H20N4O4S/c1-25-15-7-5-13(12-16(15)26-2)21-19(24)20-9-10-27-18-8-6-14(22-23-18)17-4-3-11-28-17/h3-8,11-12H,9-10H2,1-2H3,(H2,20,21,24). The number of thiophene rings is 1. The summed E-state index contributed by atoms with van der Waals surface area (Å²) in [5.74, 6) is 1.53. The minimum absolute atomic E-state index is 0.270. The van der Waals surface area contributed by atoms with Gasteiger partial charge in [0.15, 0.2) is 11.5 Å². The summed E-state index contributed by atoms with van der Waals surface area (Å²) in [6.07, 6.45) is 0. The Bertz CT molecular complexity index is 901. The van der Waals surface area contributed by atoms with Crippen LogP contribution in [0.3, 0.4) is 0 Å². The molecule has 2 aromatic heterocycles. The Labute approximate surface area is 166 Å². The zero-order valence-electron chi connectivity index (χ0n) is 15.5. The smallest absolute Gasteiger partial charge is 0.319 e. The maximum Gasteiger partial charge on any atom is 0.319 e. The highest BCUT2D eigenvalue weighted by molar-refractivity contribution is 7.13. The van der Waals surface area contributed by atoms with Crippen molar-refractivity contribution in [1.29, 1.82) is 0 Å². The van der Waals surface area contributed by atoms with Gasteiger partial charge in [-0.05, 0) is 29.6 Å². The molecule has 1 aromatic carbocycles. The quantitative estimate of drug-likeness (QED) is 0.563. The van der Waals surface area contributed by atoms with Gasteiger partial charge in [0.25, 0.3) is 0 Å². The number of carbonyl (C=O) groups excluding carboxylic acids is 1. The van der Waals surface area contributed by atoms with E-state index in [2.05, 4.69) is 20.8 Å². The number of hydrogen-bond acceptors (Lipinski definition) is 7.